The Balaban J connectivity index is 1.41. The number of aliphatic hydroxyl groups is 2. The Morgan fingerprint density at radius 2 is 1.62 bits per heavy atom. The van der Waals surface area contributed by atoms with Gasteiger partial charge in [0.05, 0.1) is 19.5 Å². The molecule has 77 heavy (non-hydrogen) atoms. The molecule has 38 heteroatoms. The van der Waals surface area contributed by atoms with Crippen LogP contribution in [0, 0.1) is 11.3 Å². The van der Waals surface area contributed by atoms with Crippen molar-refractivity contribution in [3.63, 3.8) is 0 Å². The van der Waals surface area contributed by atoms with Gasteiger partial charge in [0.25, 0.3) is 0 Å². The van der Waals surface area contributed by atoms with Crippen molar-refractivity contribution in [3.05, 3.63) is 24.8 Å². The minimum atomic E-state index is -5.63. The smallest absolute Gasteiger partial charge is 0.480 e. The lowest BCUT2D eigenvalue weighted by Crippen LogP contribution is -2.49. The fourth-order valence-corrected chi connectivity index (χ4v) is 11.1. The van der Waals surface area contributed by atoms with Crippen LogP contribution in [0.1, 0.15) is 59.1 Å². The second-order valence-corrected chi connectivity index (χ2v) is 23.7. The number of hydrogen-bond acceptors (Lipinski definition) is 24. The summed E-state index contributed by atoms with van der Waals surface area (Å²) in [5, 5.41) is 48.8. The zero-order valence-electron chi connectivity index (χ0n) is 41.4. The molecule has 0 bridgehead atoms. The number of nitrogens with one attached hydrogen (secondary N) is 4. The summed E-state index contributed by atoms with van der Waals surface area (Å²) in [7, 11) is -16.6. The number of amides is 4. The van der Waals surface area contributed by atoms with E-state index in [9.17, 15) is 77.0 Å². The van der Waals surface area contributed by atoms with Crippen LogP contribution in [0.15, 0.2) is 24.8 Å². The summed E-state index contributed by atoms with van der Waals surface area (Å²) in [6.45, 7) is 1.26. The summed E-state index contributed by atoms with van der Waals surface area (Å²) in [5.41, 5.74) is 9.58. The lowest BCUT2D eigenvalue weighted by Gasteiger charge is -2.30. The molecule has 0 aliphatic carbocycles. The minimum absolute atomic E-state index is 0.00543. The van der Waals surface area contributed by atoms with Crippen molar-refractivity contribution in [2.45, 2.75) is 95.6 Å². The third kappa shape index (κ3) is 23.0. The number of imidazole rings is 1. The summed E-state index contributed by atoms with van der Waals surface area (Å²) in [6, 6.07) is -2.45. The van der Waals surface area contributed by atoms with Gasteiger partial charge in [-0.25, -0.2) is 28.6 Å². The molecule has 1 fully saturated rings. The number of carboxylic acid groups (broad SMARTS) is 2. The molecule has 0 spiro atoms. The highest BCUT2D eigenvalue weighted by atomic mass is 32.2. The van der Waals surface area contributed by atoms with E-state index in [-0.39, 0.29) is 66.0 Å². The largest absolute Gasteiger partial charge is 0.481 e. The quantitative estimate of drug-likeness (QED) is 0.0207. The van der Waals surface area contributed by atoms with Crippen LogP contribution in [0.5, 0.6) is 0 Å². The van der Waals surface area contributed by atoms with Crippen LogP contribution < -0.4 is 32.7 Å². The van der Waals surface area contributed by atoms with Gasteiger partial charge in [0.15, 0.2) is 22.8 Å². The highest BCUT2D eigenvalue weighted by Crippen LogP contribution is 2.61. The molecule has 4 amide bonds. The lowest BCUT2D eigenvalue weighted by molar-refractivity contribution is -0.139. The van der Waals surface area contributed by atoms with Crippen molar-refractivity contribution in [2.75, 3.05) is 55.8 Å². The van der Waals surface area contributed by atoms with E-state index in [2.05, 4.69) is 45.1 Å². The number of phosphoric acid groups is 3. The Labute approximate surface area is 447 Å². The topological polar surface area (TPSA) is 522 Å². The van der Waals surface area contributed by atoms with E-state index < -0.39 is 133 Å². The highest BCUT2D eigenvalue weighted by Gasteiger charge is 2.50. The van der Waals surface area contributed by atoms with Crippen molar-refractivity contribution in [3.8, 4) is 0 Å². The molecule has 0 saturated carbocycles. The van der Waals surface area contributed by atoms with Crippen LogP contribution in [-0.2, 0) is 69.9 Å². The van der Waals surface area contributed by atoms with Gasteiger partial charge in [-0.2, -0.15) is 16.1 Å². The molecule has 1 aliphatic heterocycles. The average Bonchev–Trinajstić information content (AvgIpc) is 3.90. The first-order chi connectivity index (χ1) is 35.9. The second-order valence-electron chi connectivity index (χ2n) is 17.3. The highest BCUT2D eigenvalue weighted by molar-refractivity contribution is 8.13. The predicted molar refractivity (Wildman–Crippen MR) is 269 cm³/mol. The lowest BCUT2D eigenvalue weighted by atomic mass is 9.87. The third-order valence-electron chi connectivity index (χ3n) is 10.6. The zero-order chi connectivity index (χ0) is 57.9. The number of carbonyl (C=O) groups excluding carboxylic acids is 5. The molecular weight excluding hydrogens is 1130 g/mol. The fraction of sp³-hybridized carbons (Fsp3) is 0.641. The number of phosphoric ester groups is 3. The number of anilines is 1. The normalized spacial score (nSPS) is 20.1. The van der Waals surface area contributed by atoms with E-state index in [1.165, 1.54) is 25.6 Å². The predicted octanol–water partition coefficient (Wildman–Crippen LogP) is -1.75. The van der Waals surface area contributed by atoms with Crippen molar-refractivity contribution in [2.24, 2.45) is 17.1 Å². The Bertz CT molecular complexity index is 2560. The number of fused-ring (bicyclic) bond motifs is 1. The van der Waals surface area contributed by atoms with E-state index in [1.807, 2.05) is 6.92 Å². The molecule has 0 aromatic carbocycles. The number of aliphatic carboxylic acids is 2. The zero-order valence-corrected chi connectivity index (χ0v) is 45.7. The van der Waals surface area contributed by atoms with Crippen molar-refractivity contribution >= 4 is 105 Å². The summed E-state index contributed by atoms with van der Waals surface area (Å²) in [4.78, 5) is 136. The molecule has 1 saturated heterocycles. The molecule has 2 aromatic rings. The van der Waals surface area contributed by atoms with Crippen LogP contribution in [0.2, 0.25) is 0 Å². The Morgan fingerprint density at radius 1 is 0.935 bits per heavy atom. The number of hydrogen-bond donors (Lipinski definition) is 14. The maximum atomic E-state index is 13.0. The molecular formula is C39H63N10O23P3S2. The first kappa shape index (κ1) is 66.8. The molecule has 0 radical (unpaired) electrons. The Kier molecular flexibility index (Phi) is 26.7. The molecule has 2 aromatic heterocycles. The SMILES string of the molecule is CCCC(/C=C/CSC[C@H](NC(=O)CC[C@H](N)C(=O)O)C(=O)NCC(=O)O)C(=O)SCCNC(=O)CCNC(=O)[C@H](O)C(C)(C)COP(=O)(O)OP(=O)(O)OC[C@H]1O[C@@H](n2cnc3c(N)ncnc32)[C@H](O)[C@@H]1OP(=O)(O)O. The van der Waals surface area contributed by atoms with Gasteiger partial charge in [0, 0.05) is 54.5 Å². The van der Waals surface area contributed by atoms with E-state index in [0.717, 1.165) is 29.0 Å². The van der Waals surface area contributed by atoms with Crippen molar-refractivity contribution in [1.29, 1.82) is 0 Å². The van der Waals surface area contributed by atoms with Crippen LogP contribution in [0.25, 0.3) is 11.2 Å². The van der Waals surface area contributed by atoms with E-state index in [4.69, 9.17) is 35.5 Å². The average molecular weight is 1200 g/mol. The first-order valence-corrected chi connectivity index (χ1v) is 29.6. The molecule has 3 rings (SSSR count). The number of rotatable bonds is 35. The van der Waals surface area contributed by atoms with Gasteiger partial charge in [-0.15, -0.1) is 0 Å². The summed E-state index contributed by atoms with van der Waals surface area (Å²) in [6.07, 6.45) is -3.24. The molecule has 434 valence electrons. The van der Waals surface area contributed by atoms with E-state index in [0.29, 0.717) is 18.6 Å². The van der Waals surface area contributed by atoms with Gasteiger partial charge in [-0.05, 0) is 12.8 Å². The molecule has 10 atom stereocenters. The summed E-state index contributed by atoms with van der Waals surface area (Å²) < 4.78 is 62.5. The number of aromatic nitrogens is 4. The van der Waals surface area contributed by atoms with Gasteiger partial charge in [-0.1, -0.05) is 51.1 Å². The van der Waals surface area contributed by atoms with Crippen LogP contribution in [0.3, 0.4) is 0 Å². The number of nitrogens with two attached hydrogens (primary N) is 2. The van der Waals surface area contributed by atoms with Gasteiger partial charge in [-0.3, -0.25) is 51.7 Å². The standard InChI is InChI=1S/C39H63N10O23P3S2/c1-4-6-21(7-5-13-76-17-23(34(56)44-15-27(52)53)48-26(51)9-8-22(40)37(58)59)38(60)77-14-12-42-25(50)10-11-43-35(57)31(55)39(2,3)18-69-75(66,67)72-74(64,65)68-16-24-30(71-73(61,62)63)29(54)36(70-24)49-20-47-28-32(41)45-19-46-33(28)49/h5,7,19-24,29-31,36,54-55H,4,6,8-18,40H2,1-3H3,(H,42,50)(H,43,57)(H,44,56)(H,48,51)(H,52,53)(H,58,59)(H,64,65)(H,66,67)(H2,41,45,46)(H2,61,62,63)/b7-5+/t21?,22-,23-,24+,29+,30+,31-,36+/m0/s1. The van der Waals surface area contributed by atoms with E-state index >= 15 is 0 Å². The van der Waals surface area contributed by atoms with Gasteiger partial charge < -0.3 is 77.5 Å². The minimum Gasteiger partial charge on any atom is -0.480 e. The van der Waals surface area contributed by atoms with Gasteiger partial charge >= 0.3 is 35.4 Å². The number of carboxylic acids is 2. The van der Waals surface area contributed by atoms with Crippen molar-refractivity contribution in [1.82, 2.24) is 40.8 Å². The molecule has 3 unspecified atom stereocenters. The first-order valence-electron chi connectivity index (χ1n) is 22.9. The Morgan fingerprint density at radius 3 is 2.27 bits per heavy atom. The van der Waals surface area contributed by atoms with Crippen LogP contribution >= 0.6 is 47.0 Å². The number of thioether (sulfide) groups is 2. The maximum absolute atomic E-state index is 13.0. The number of nitrogen functional groups attached to an aromatic ring is 1. The number of aliphatic hydroxyl groups excluding tert-OH is 2. The number of allylic oxidation sites excluding steroid dienone is 1. The number of carbonyl (C=O) groups is 7. The molecule has 33 nitrogen and oxygen atoms in total. The molecule has 3 heterocycles. The Hall–Kier alpha value is -4.51. The van der Waals surface area contributed by atoms with Gasteiger partial charge in [0.2, 0.25) is 23.6 Å². The number of ether oxygens (including phenoxy) is 1. The summed E-state index contributed by atoms with van der Waals surface area (Å²) in [5.74, 6) is -5.71. The third-order valence-corrected chi connectivity index (χ3v) is 15.7. The molecule has 1 aliphatic rings. The monoisotopic (exact) mass is 1200 g/mol. The molecule has 16 N–H and O–H groups in total. The van der Waals surface area contributed by atoms with Crippen LogP contribution in [0.4, 0.5) is 5.82 Å². The fourth-order valence-electron chi connectivity index (χ4n) is 6.61. The number of nitrogens with zero attached hydrogens (tertiary/aromatic N) is 4. The second kappa shape index (κ2) is 30.7. The maximum Gasteiger partial charge on any atom is 0.481 e. The van der Waals surface area contributed by atoms with Gasteiger partial charge in [0.1, 0.15) is 54.9 Å². The van der Waals surface area contributed by atoms with Crippen LogP contribution in [-0.4, -0.2) is 187 Å². The van der Waals surface area contributed by atoms with E-state index in [1.54, 1.807) is 12.2 Å². The summed E-state index contributed by atoms with van der Waals surface area (Å²) >= 11 is 2.16. The van der Waals surface area contributed by atoms with Crippen molar-refractivity contribution < 1.29 is 110 Å².